The van der Waals surface area contributed by atoms with Crippen molar-refractivity contribution in [1.82, 2.24) is 0 Å². The van der Waals surface area contributed by atoms with Crippen molar-refractivity contribution in [2.24, 2.45) is 5.73 Å². The molecule has 0 radical (unpaired) electrons. The third-order valence-corrected chi connectivity index (χ3v) is 3.18. The van der Waals surface area contributed by atoms with Crippen LogP contribution < -0.4 is 5.73 Å². The van der Waals surface area contributed by atoms with Crippen LogP contribution in [0.4, 0.5) is 4.39 Å². The SMILES string of the molecule is CC(C)(C)c1ccc([C@@]2(F)C[C@@H]2N)cc1. The van der Waals surface area contributed by atoms with Crippen molar-refractivity contribution < 1.29 is 4.39 Å². The minimum absolute atomic E-state index is 0.119. The number of hydrogen-bond acceptors (Lipinski definition) is 1. The molecule has 0 aliphatic heterocycles. The Kier molecular flexibility index (Phi) is 2.16. The Morgan fingerprint density at radius 3 is 2.07 bits per heavy atom. The van der Waals surface area contributed by atoms with E-state index < -0.39 is 5.67 Å². The summed E-state index contributed by atoms with van der Waals surface area (Å²) in [6, 6.07) is 7.43. The molecule has 2 rings (SSSR count). The van der Waals surface area contributed by atoms with Gasteiger partial charge in [-0.05, 0) is 16.5 Å². The van der Waals surface area contributed by atoms with Crippen molar-refractivity contribution >= 4 is 0 Å². The molecule has 0 bridgehead atoms. The zero-order chi connectivity index (χ0) is 11.3. The molecule has 1 aromatic carbocycles. The highest BCUT2D eigenvalue weighted by Gasteiger charge is 2.54. The van der Waals surface area contributed by atoms with E-state index >= 15 is 0 Å². The topological polar surface area (TPSA) is 26.0 Å². The molecule has 1 aromatic rings. The average molecular weight is 207 g/mol. The predicted molar refractivity (Wildman–Crippen MR) is 60.5 cm³/mol. The van der Waals surface area contributed by atoms with Crippen LogP contribution in [0.3, 0.4) is 0 Å². The molecule has 1 fully saturated rings. The van der Waals surface area contributed by atoms with Crippen LogP contribution in [-0.4, -0.2) is 6.04 Å². The molecule has 2 N–H and O–H groups in total. The van der Waals surface area contributed by atoms with Gasteiger partial charge in [-0.15, -0.1) is 0 Å². The zero-order valence-electron chi connectivity index (χ0n) is 9.55. The molecule has 0 unspecified atom stereocenters. The first-order valence-electron chi connectivity index (χ1n) is 5.39. The summed E-state index contributed by atoms with van der Waals surface area (Å²) in [7, 11) is 0. The first-order chi connectivity index (χ1) is 6.84. The van der Waals surface area contributed by atoms with Gasteiger partial charge in [0, 0.05) is 12.5 Å². The fraction of sp³-hybridized carbons (Fsp3) is 0.538. The van der Waals surface area contributed by atoms with Crippen LogP contribution in [0.1, 0.15) is 38.3 Å². The van der Waals surface area contributed by atoms with Gasteiger partial charge in [0.2, 0.25) is 0 Å². The van der Waals surface area contributed by atoms with Gasteiger partial charge in [0.1, 0.15) is 0 Å². The van der Waals surface area contributed by atoms with Crippen molar-refractivity contribution in [2.75, 3.05) is 0 Å². The van der Waals surface area contributed by atoms with Crippen LogP contribution in [0.25, 0.3) is 0 Å². The summed E-state index contributed by atoms with van der Waals surface area (Å²) >= 11 is 0. The summed E-state index contributed by atoms with van der Waals surface area (Å²) < 4.78 is 13.9. The highest BCUT2D eigenvalue weighted by atomic mass is 19.1. The van der Waals surface area contributed by atoms with Gasteiger partial charge in [0.15, 0.2) is 5.67 Å². The Balaban J connectivity index is 2.26. The Bertz CT molecular complexity index is 363. The molecule has 1 aliphatic carbocycles. The standard InChI is InChI=1S/C13H18FN/c1-12(2,3)9-4-6-10(7-5-9)13(14)8-11(13)15/h4-7,11H,8,15H2,1-3H3/t11-,13-/m0/s1. The molecule has 1 nitrogen and oxygen atoms in total. The van der Waals surface area contributed by atoms with Crippen LogP contribution in [0.15, 0.2) is 24.3 Å². The first kappa shape index (κ1) is 10.6. The third kappa shape index (κ3) is 1.78. The molecule has 2 heteroatoms. The maximum absolute atomic E-state index is 13.9. The van der Waals surface area contributed by atoms with Crippen LogP contribution in [-0.2, 0) is 11.1 Å². The van der Waals surface area contributed by atoms with E-state index in [1.165, 1.54) is 5.56 Å². The lowest BCUT2D eigenvalue weighted by Crippen LogP contribution is -2.14. The minimum atomic E-state index is -1.25. The largest absolute Gasteiger partial charge is 0.325 e. The van der Waals surface area contributed by atoms with Crippen molar-refractivity contribution in [3.05, 3.63) is 35.4 Å². The van der Waals surface area contributed by atoms with E-state index in [1.807, 2.05) is 24.3 Å². The van der Waals surface area contributed by atoms with Crippen molar-refractivity contribution in [1.29, 1.82) is 0 Å². The molecule has 1 saturated carbocycles. The quantitative estimate of drug-likeness (QED) is 0.753. The van der Waals surface area contributed by atoms with E-state index in [9.17, 15) is 4.39 Å². The maximum atomic E-state index is 13.9. The van der Waals surface area contributed by atoms with Gasteiger partial charge in [-0.3, -0.25) is 0 Å². The van der Waals surface area contributed by atoms with E-state index in [0.717, 1.165) is 5.56 Å². The third-order valence-electron chi connectivity index (χ3n) is 3.18. The van der Waals surface area contributed by atoms with Crippen LogP contribution >= 0.6 is 0 Å². The second kappa shape index (κ2) is 3.05. The lowest BCUT2D eigenvalue weighted by molar-refractivity contribution is 0.306. The van der Waals surface area contributed by atoms with Crippen molar-refractivity contribution in [2.45, 2.75) is 44.3 Å². The van der Waals surface area contributed by atoms with Crippen molar-refractivity contribution in [3.63, 3.8) is 0 Å². The smallest absolute Gasteiger partial charge is 0.152 e. The summed E-state index contributed by atoms with van der Waals surface area (Å²) in [6.07, 6.45) is 0.460. The molecule has 15 heavy (non-hydrogen) atoms. The van der Waals surface area contributed by atoms with E-state index in [-0.39, 0.29) is 11.5 Å². The monoisotopic (exact) mass is 207 g/mol. The van der Waals surface area contributed by atoms with Gasteiger partial charge in [-0.2, -0.15) is 0 Å². The summed E-state index contributed by atoms with van der Waals surface area (Å²) in [5, 5.41) is 0. The van der Waals surface area contributed by atoms with Gasteiger partial charge in [0.05, 0.1) is 0 Å². The zero-order valence-corrected chi connectivity index (χ0v) is 9.55. The van der Waals surface area contributed by atoms with E-state index in [1.54, 1.807) is 0 Å². The normalized spacial score (nSPS) is 30.3. The van der Waals surface area contributed by atoms with E-state index in [4.69, 9.17) is 5.73 Å². The fourth-order valence-electron chi connectivity index (χ4n) is 1.84. The number of benzene rings is 1. The van der Waals surface area contributed by atoms with Gasteiger partial charge in [-0.25, -0.2) is 4.39 Å². The van der Waals surface area contributed by atoms with Crippen LogP contribution in [0, 0.1) is 0 Å². The summed E-state index contributed by atoms with van der Waals surface area (Å²) in [6.45, 7) is 6.45. The number of halogens is 1. The van der Waals surface area contributed by atoms with Crippen molar-refractivity contribution in [3.8, 4) is 0 Å². The average Bonchev–Trinajstić information content (AvgIpc) is 2.75. The molecule has 82 valence electrons. The van der Waals surface area contributed by atoms with Gasteiger partial charge < -0.3 is 5.73 Å². The van der Waals surface area contributed by atoms with E-state index in [2.05, 4.69) is 20.8 Å². The number of alkyl halides is 1. The predicted octanol–water partition coefficient (Wildman–Crippen LogP) is 2.88. The Morgan fingerprint density at radius 2 is 1.73 bits per heavy atom. The fourth-order valence-corrected chi connectivity index (χ4v) is 1.84. The summed E-state index contributed by atoms with van der Waals surface area (Å²) in [5.74, 6) is 0. The second-order valence-corrected chi connectivity index (χ2v) is 5.50. The van der Waals surface area contributed by atoms with Gasteiger partial charge in [0.25, 0.3) is 0 Å². The first-order valence-corrected chi connectivity index (χ1v) is 5.39. The minimum Gasteiger partial charge on any atom is -0.325 e. The van der Waals surface area contributed by atoms with Crippen LogP contribution in [0.2, 0.25) is 0 Å². The number of rotatable bonds is 1. The Hall–Kier alpha value is -0.890. The van der Waals surface area contributed by atoms with E-state index in [0.29, 0.717) is 6.42 Å². The molecule has 0 heterocycles. The molecule has 0 aromatic heterocycles. The number of hydrogen-bond donors (Lipinski definition) is 1. The van der Waals surface area contributed by atoms with Gasteiger partial charge in [-0.1, -0.05) is 45.0 Å². The molecule has 0 saturated heterocycles. The lowest BCUT2D eigenvalue weighted by Gasteiger charge is -2.19. The van der Waals surface area contributed by atoms with Gasteiger partial charge >= 0.3 is 0 Å². The Labute approximate surface area is 90.5 Å². The molecular formula is C13H18FN. The molecule has 2 atom stereocenters. The Morgan fingerprint density at radius 1 is 1.27 bits per heavy atom. The second-order valence-electron chi connectivity index (χ2n) is 5.50. The highest BCUT2D eigenvalue weighted by molar-refractivity contribution is 5.36. The molecular weight excluding hydrogens is 189 g/mol. The lowest BCUT2D eigenvalue weighted by atomic mass is 9.86. The van der Waals surface area contributed by atoms with Crippen LogP contribution in [0.5, 0.6) is 0 Å². The molecule has 0 amide bonds. The summed E-state index contributed by atoms with van der Waals surface area (Å²) in [5.41, 5.74) is 6.40. The molecule has 1 aliphatic rings. The maximum Gasteiger partial charge on any atom is 0.152 e. The summed E-state index contributed by atoms with van der Waals surface area (Å²) in [4.78, 5) is 0. The number of nitrogens with two attached hydrogens (primary N) is 1. The molecule has 0 spiro atoms. The highest BCUT2D eigenvalue weighted by Crippen LogP contribution is 2.48.